The number of alkyl halides is 3. The van der Waals surface area contributed by atoms with E-state index >= 15 is 4.39 Å². The van der Waals surface area contributed by atoms with Gasteiger partial charge in [0.15, 0.2) is 11.6 Å². The van der Waals surface area contributed by atoms with E-state index in [2.05, 4.69) is 10.3 Å². The molecule has 1 aromatic heterocycles. The fourth-order valence-corrected chi connectivity index (χ4v) is 6.12. The van der Waals surface area contributed by atoms with Gasteiger partial charge in [-0.2, -0.15) is 5.26 Å². The van der Waals surface area contributed by atoms with Crippen LogP contribution in [0.25, 0.3) is 0 Å². The minimum Gasteiger partial charge on any atom is -0.351 e. The van der Waals surface area contributed by atoms with Crippen LogP contribution in [0.1, 0.15) is 50.5 Å². The van der Waals surface area contributed by atoms with Gasteiger partial charge in [0.2, 0.25) is 17.7 Å². The summed E-state index contributed by atoms with van der Waals surface area (Å²) in [7, 11) is 0. The number of rotatable bonds is 7. The Morgan fingerprint density at radius 2 is 1.93 bits per heavy atom. The number of nitriles is 1. The van der Waals surface area contributed by atoms with Crippen molar-refractivity contribution in [1.29, 1.82) is 5.26 Å². The summed E-state index contributed by atoms with van der Waals surface area (Å²) in [4.78, 5) is 47.5. The minimum absolute atomic E-state index is 0.00765. The summed E-state index contributed by atoms with van der Waals surface area (Å²) in [6, 6.07) is 4.27. The zero-order valence-electron chi connectivity index (χ0n) is 23.4. The Morgan fingerprint density at radius 3 is 2.61 bits per heavy atom. The van der Waals surface area contributed by atoms with Crippen molar-refractivity contribution in [2.24, 2.45) is 0 Å². The van der Waals surface area contributed by atoms with Crippen molar-refractivity contribution >= 4 is 40.8 Å². The highest BCUT2D eigenvalue weighted by molar-refractivity contribution is 6.23. The fraction of sp³-hybridized carbons (Fsp3) is 0.387. The summed E-state index contributed by atoms with van der Waals surface area (Å²) >= 11 is 6.67. The van der Waals surface area contributed by atoms with Crippen LogP contribution in [-0.4, -0.2) is 52.1 Å². The second-order valence-electron chi connectivity index (χ2n) is 11.0. The SMILES string of the molecule is N#Cc1ccnc(N2C(=O)CC[C@H]2C(=O)N(c2cccc(F)c2)C(C(=O)NC2CCC(F)(F)CC2)C2=CC=CCC2Cl)c1F. The number of carbonyl (C=O) groups is 3. The number of amides is 3. The molecule has 8 nitrogen and oxygen atoms in total. The molecule has 1 saturated carbocycles. The maximum atomic E-state index is 15.3. The number of nitrogens with zero attached hydrogens (tertiary/aromatic N) is 4. The predicted octanol–water partition coefficient (Wildman–Crippen LogP) is 5.32. The van der Waals surface area contributed by atoms with Crippen LogP contribution in [0, 0.1) is 23.0 Å². The molecule has 2 aromatic rings. The van der Waals surface area contributed by atoms with Crippen LogP contribution in [0.4, 0.5) is 29.1 Å². The van der Waals surface area contributed by atoms with Crippen LogP contribution < -0.4 is 15.1 Å². The lowest BCUT2D eigenvalue weighted by Gasteiger charge is -2.38. The Kier molecular flexibility index (Phi) is 9.06. The molecule has 2 unspecified atom stereocenters. The maximum absolute atomic E-state index is 15.3. The van der Waals surface area contributed by atoms with Crippen molar-refractivity contribution in [3.63, 3.8) is 0 Å². The lowest BCUT2D eigenvalue weighted by atomic mass is 9.90. The van der Waals surface area contributed by atoms with E-state index in [1.54, 1.807) is 24.3 Å². The molecule has 44 heavy (non-hydrogen) atoms. The van der Waals surface area contributed by atoms with Gasteiger partial charge in [-0.15, -0.1) is 11.6 Å². The van der Waals surface area contributed by atoms with E-state index in [1.165, 1.54) is 12.1 Å². The second-order valence-corrected chi connectivity index (χ2v) is 11.5. The van der Waals surface area contributed by atoms with Crippen LogP contribution in [-0.2, 0) is 14.4 Å². The van der Waals surface area contributed by atoms with Gasteiger partial charge in [0, 0.05) is 37.2 Å². The molecule has 2 fully saturated rings. The Hall–Kier alpha value is -4.24. The monoisotopic (exact) mass is 629 g/mol. The normalized spacial score (nSPS) is 22.2. The molecule has 13 heteroatoms. The molecular weight excluding hydrogens is 602 g/mol. The van der Waals surface area contributed by atoms with Gasteiger partial charge in [0.05, 0.1) is 10.9 Å². The molecule has 2 aliphatic carbocycles. The second kappa shape index (κ2) is 12.8. The molecule has 0 bridgehead atoms. The predicted molar refractivity (Wildman–Crippen MR) is 154 cm³/mol. The Balaban J connectivity index is 1.59. The summed E-state index contributed by atoms with van der Waals surface area (Å²) in [5, 5.41) is 11.3. The first-order valence-corrected chi connectivity index (χ1v) is 14.6. The van der Waals surface area contributed by atoms with E-state index in [0.29, 0.717) is 6.42 Å². The number of aromatic nitrogens is 1. The van der Waals surface area contributed by atoms with Crippen molar-refractivity contribution in [3.8, 4) is 6.07 Å². The number of benzene rings is 1. The molecule has 1 aliphatic heterocycles. The van der Waals surface area contributed by atoms with E-state index in [1.807, 2.05) is 0 Å². The summed E-state index contributed by atoms with van der Waals surface area (Å²) in [5.74, 6) is -7.39. The molecule has 1 N–H and O–H groups in total. The van der Waals surface area contributed by atoms with E-state index in [0.717, 1.165) is 34.2 Å². The third-order valence-corrected chi connectivity index (χ3v) is 8.49. The molecular formula is C31H28ClF4N5O3. The van der Waals surface area contributed by atoms with Crippen molar-refractivity contribution in [3.05, 3.63) is 77.5 Å². The highest BCUT2D eigenvalue weighted by atomic mass is 35.5. The first-order chi connectivity index (χ1) is 21.0. The smallest absolute Gasteiger partial charge is 0.251 e. The Morgan fingerprint density at radius 1 is 1.18 bits per heavy atom. The molecule has 0 spiro atoms. The molecule has 2 heterocycles. The summed E-state index contributed by atoms with van der Waals surface area (Å²) in [6.45, 7) is 0. The average molecular weight is 630 g/mol. The number of hydrogen-bond acceptors (Lipinski definition) is 5. The number of pyridine rings is 1. The van der Waals surface area contributed by atoms with E-state index < -0.39 is 77.4 Å². The van der Waals surface area contributed by atoms with Gasteiger partial charge in [-0.05, 0) is 55.5 Å². The highest BCUT2D eigenvalue weighted by Crippen LogP contribution is 2.36. The van der Waals surface area contributed by atoms with Gasteiger partial charge in [0.1, 0.15) is 24.0 Å². The van der Waals surface area contributed by atoms with Crippen LogP contribution >= 0.6 is 11.6 Å². The average Bonchev–Trinajstić information content (AvgIpc) is 3.38. The van der Waals surface area contributed by atoms with Gasteiger partial charge in [0.25, 0.3) is 5.91 Å². The van der Waals surface area contributed by atoms with Gasteiger partial charge in [-0.3, -0.25) is 24.2 Å². The van der Waals surface area contributed by atoms with Gasteiger partial charge < -0.3 is 5.32 Å². The summed E-state index contributed by atoms with van der Waals surface area (Å²) in [5.41, 5.74) is -0.137. The number of hydrogen-bond donors (Lipinski definition) is 1. The largest absolute Gasteiger partial charge is 0.351 e. The number of allylic oxidation sites excluding steroid dienone is 3. The molecule has 3 aliphatic rings. The van der Waals surface area contributed by atoms with Crippen LogP contribution in [0.3, 0.4) is 0 Å². The Bertz CT molecular complexity index is 1570. The minimum atomic E-state index is -2.84. The van der Waals surface area contributed by atoms with Crippen molar-refractivity contribution < 1.29 is 31.9 Å². The van der Waals surface area contributed by atoms with E-state index in [4.69, 9.17) is 11.6 Å². The van der Waals surface area contributed by atoms with Crippen LogP contribution in [0.2, 0.25) is 0 Å². The lowest BCUT2D eigenvalue weighted by Crippen LogP contribution is -2.58. The summed E-state index contributed by atoms with van der Waals surface area (Å²) in [6.07, 6.45) is 5.35. The maximum Gasteiger partial charge on any atom is 0.251 e. The molecule has 5 rings (SSSR count). The first-order valence-electron chi connectivity index (χ1n) is 14.1. The van der Waals surface area contributed by atoms with Crippen LogP contribution in [0.5, 0.6) is 0 Å². The zero-order chi connectivity index (χ0) is 31.6. The van der Waals surface area contributed by atoms with Gasteiger partial charge >= 0.3 is 0 Å². The van der Waals surface area contributed by atoms with Crippen molar-refractivity contribution in [2.75, 3.05) is 9.80 Å². The number of anilines is 2. The zero-order valence-corrected chi connectivity index (χ0v) is 24.1. The van der Waals surface area contributed by atoms with Gasteiger partial charge in [-0.25, -0.2) is 22.5 Å². The van der Waals surface area contributed by atoms with Gasteiger partial charge in [-0.1, -0.05) is 24.3 Å². The summed E-state index contributed by atoms with van der Waals surface area (Å²) < 4.78 is 57.6. The molecule has 0 radical (unpaired) electrons. The molecule has 3 atom stereocenters. The first kappa shape index (κ1) is 31.2. The third kappa shape index (κ3) is 6.33. The van der Waals surface area contributed by atoms with Crippen molar-refractivity contribution in [2.45, 2.75) is 74.4 Å². The quantitative estimate of drug-likeness (QED) is 0.330. The number of nitrogens with one attached hydrogen (secondary N) is 1. The standard InChI is InChI=1S/C31H28ClF4N5O3/c32-23-7-2-1-6-22(23)27(29(43)39-20-10-13-31(35,36)14-11-20)40(21-5-3-4-19(33)16-21)30(44)24-8-9-25(42)41(24)28-26(34)18(17-37)12-15-38-28/h1-6,12,15-16,20,23-24,27H,7-11,13-14H2,(H,39,43)/t23?,24-,27?/m0/s1. The van der Waals surface area contributed by atoms with Crippen LogP contribution in [0.15, 0.2) is 60.3 Å². The van der Waals surface area contributed by atoms with E-state index in [9.17, 15) is 32.8 Å². The third-order valence-electron chi connectivity index (χ3n) is 8.06. The topological polar surface area (TPSA) is 106 Å². The molecule has 1 aromatic carbocycles. The van der Waals surface area contributed by atoms with E-state index in [-0.39, 0.29) is 42.5 Å². The molecule has 1 saturated heterocycles. The molecule has 3 amide bonds. The van der Waals surface area contributed by atoms with Crippen molar-refractivity contribution in [1.82, 2.24) is 10.3 Å². The number of halogens is 5. The Labute approximate surface area is 256 Å². The fourth-order valence-electron chi connectivity index (χ4n) is 5.82. The lowest BCUT2D eigenvalue weighted by molar-refractivity contribution is -0.127. The highest BCUT2D eigenvalue weighted by Gasteiger charge is 2.46. The molecule has 230 valence electrons. The number of carbonyl (C=O) groups excluding carboxylic acids is 3.